The molecule has 3 aliphatic rings. The Morgan fingerprint density at radius 2 is 2.06 bits per heavy atom. The zero-order valence-electron chi connectivity index (χ0n) is 10.8. The van der Waals surface area contributed by atoms with Gasteiger partial charge in [-0.2, -0.15) is 0 Å². The van der Waals surface area contributed by atoms with Gasteiger partial charge in [0, 0.05) is 12.3 Å². The van der Waals surface area contributed by atoms with Gasteiger partial charge in [-0.1, -0.05) is 32.4 Å². The fraction of sp³-hybridized carbons (Fsp3) is 0.800. The van der Waals surface area contributed by atoms with Crippen molar-refractivity contribution in [2.45, 2.75) is 47.0 Å². The summed E-state index contributed by atoms with van der Waals surface area (Å²) in [6.07, 6.45) is 5.77. The van der Waals surface area contributed by atoms with Crippen LogP contribution in [-0.4, -0.2) is 5.78 Å². The van der Waals surface area contributed by atoms with Gasteiger partial charge in [0.2, 0.25) is 0 Å². The maximum absolute atomic E-state index is 12.2. The molecule has 0 heterocycles. The average molecular weight is 218 g/mol. The van der Waals surface area contributed by atoms with Crippen LogP contribution in [0.4, 0.5) is 0 Å². The summed E-state index contributed by atoms with van der Waals surface area (Å²) in [4.78, 5) is 12.2. The number of carbonyl (C=O) groups excluding carboxylic acids is 1. The summed E-state index contributed by atoms with van der Waals surface area (Å²) in [5.41, 5.74) is 2.11. The molecular formula is C15H22O. The van der Waals surface area contributed by atoms with Gasteiger partial charge in [-0.15, -0.1) is 0 Å². The lowest BCUT2D eigenvalue weighted by atomic mass is 9.67. The van der Waals surface area contributed by atoms with Gasteiger partial charge < -0.3 is 0 Å². The summed E-state index contributed by atoms with van der Waals surface area (Å²) >= 11 is 0. The molecule has 16 heavy (non-hydrogen) atoms. The Bertz CT molecular complexity index is 390. The van der Waals surface area contributed by atoms with Gasteiger partial charge in [-0.3, -0.25) is 4.79 Å². The third kappa shape index (κ3) is 1.05. The quantitative estimate of drug-likeness (QED) is 0.568. The molecule has 2 saturated carbocycles. The lowest BCUT2D eigenvalue weighted by molar-refractivity contribution is -0.121. The standard InChI is InChI=1S/C15H22O/c1-9-5-11-7-14(3,4)8-15(11)10(2)6-12(16)13(9)15/h5,10-11,13H,6-8H2,1-4H3/t10-,11+,13+,15+/m0/s1. The summed E-state index contributed by atoms with van der Waals surface area (Å²) < 4.78 is 0. The van der Waals surface area contributed by atoms with Crippen molar-refractivity contribution in [2.24, 2.45) is 28.6 Å². The summed E-state index contributed by atoms with van der Waals surface area (Å²) in [7, 11) is 0. The maximum Gasteiger partial charge on any atom is 0.140 e. The molecule has 88 valence electrons. The van der Waals surface area contributed by atoms with Gasteiger partial charge in [-0.05, 0) is 42.4 Å². The van der Waals surface area contributed by atoms with E-state index in [9.17, 15) is 4.79 Å². The van der Waals surface area contributed by atoms with Crippen molar-refractivity contribution >= 4 is 5.78 Å². The van der Waals surface area contributed by atoms with Crippen LogP contribution in [0.3, 0.4) is 0 Å². The molecule has 0 aromatic rings. The molecule has 0 unspecified atom stereocenters. The average Bonchev–Trinajstić information content (AvgIpc) is 2.59. The molecule has 0 aromatic carbocycles. The van der Waals surface area contributed by atoms with Crippen molar-refractivity contribution < 1.29 is 4.79 Å². The molecule has 1 nitrogen and oxygen atoms in total. The van der Waals surface area contributed by atoms with Gasteiger partial charge in [0.25, 0.3) is 0 Å². The number of carbonyl (C=O) groups is 1. The molecule has 3 rings (SSSR count). The fourth-order valence-electron chi connectivity index (χ4n) is 5.17. The highest BCUT2D eigenvalue weighted by Crippen LogP contribution is 2.69. The number of hydrogen-bond acceptors (Lipinski definition) is 1. The Hall–Kier alpha value is -0.590. The van der Waals surface area contributed by atoms with E-state index in [4.69, 9.17) is 0 Å². The Morgan fingerprint density at radius 1 is 1.38 bits per heavy atom. The van der Waals surface area contributed by atoms with E-state index in [1.807, 2.05) is 0 Å². The summed E-state index contributed by atoms with van der Waals surface area (Å²) in [5, 5.41) is 0. The lowest BCUT2D eigenvalue weighted by Gasteiger charge is -2.35. The highest BCUT2D eigenvalue weighted by atomic mass is 16.1. The minimum atomic E-state index is 0.272. The molecule has 0 aromatic heterocycles. The normalized spacial score (nSPS) is 49.1. The van der Waals surface area contributed by atoms with Gasteiger partial charge in [0.05, 0.1) is 0 Å². The zero-order valence-corrected chi connectivity index (χ0v) is 10.8. The second kappa shape index (κ2) is 2.80. The van der Waals surface area contributed by atoms with E-state index in [2.05, 4.69) is 33.8 Å². The van der Waals surface area contributed by atoms with Gasteiger partial charge >= 0.3 is 0 Å². The van der Waals surface area contributed by atoms with Crippen LogP contribution in [0.5, 0.6) is 0 Å². The molecule has 0 aliphatic heterocycles. The van der Waals surface area contributed by atoms with E-state index < -0.39 is 0 Å². The predicted octanol–water partition coefficient (Wildman–Crippen LogP) is 3.59. The van der Waals surface area contributed by atoms with Crippen molar-refractivity contribution in [3.8, 4) is 0 Å². The van der Waals surface area contributed by atoms with Gasteiger partial charge in [0.1, 0.15) is 5.78 Å². The second-order valence-corrected chi connectivity index (χ2v) is 7.18. The monoisotopic (exact) mass is 218 g/mol. The van der Waals surface area contributed by atoms with Gasteiger partial charge in [-0.25, -0.2) is 0 Å². The smallest absolute Gasteiger partial charge is 0.140 e. The molecule has 1 heteroatoms. The van der Waals surface area contributed by atoms with Crippen LogP contribution >= 0.6 is 0 Å². The summed E-state index contributed by atoms with van der Waals surface area (Å²) in [5.74, 6) is 2.05. The van der Waals surface area contributed by atoms with Crippen LogP contribution in [0.2, 0.25) is 0 Å². The van der Waals surface area contributed by atoms with Crippen LogP contribution in [0.1, 0.15) is 47.0 Å². The molecule has 0 amide bonds. The molecule has 3 aliphatic carbocycles. The molecule has 0 radical (unpaired) electrons. The van der Waals surface area contributed by atoms with E-state index in [0.717, 1.165) is 6.42 Å². The van der Waals surface area contributed by atoms with Crippen molar-refractivity contribution in [1.82, 2.24) is 0 Å². The van der Waals surface area contributed by atoms with E-state index >= 15 is 0 Å². The van der Waals surface area contributed by atoms with Gasteiger partial charge in [0.15, 0.2) is 0 Å². The van der Waals surface area contributed by atoms with E-state index in [-0.39, 0.29) is 5.92 Å². The number of ketones is 1. The van der Waals surface area contributed by atoms with Crippen molar-refractivity contribution in [3.05, 3.63) is 11.6 Å². The highest BCUT2D eigenvalue weighted by molar-refractivity contribution is 5.88. The number of rotatable bonds is 0. The lowest BCUT2D eigenvalue weighted by Crippen LogP contribution is -2.32. The third-order valence-electron chi connectivity index (χ3n) is 5.45. The third-order valence-corrected chi connectivity index (χ3v) is 5.45. The van der Waals surface area contributed by atoms with E-state index in [1.165, 1.54) is 18.4 Å². The molecule has 4 atom stereocenters. The van der Waals surface area contributed by atoms with Crippen LogP contribution in [-0.2, 0) is 4.79 Å². The van der Waals surface area contributed by atoms with E-state index in [0.29, 0.717) is 28.4 Å². The molecule has 1 spiro atoms. The first-order valence-corrected chi connectivity index (χ1v) is 6.58. The predicted molar refractivity (Wildman–Crippen MR) is 65.0 cm³/mol. The minimum Gasteiger partial charge on any atom is -0.299 e. The number of Topliss-reactive ketones (excluding diaryl/α,β-unsaturated/α-hetero) is 1. The number of allylic oxidation sites excluding steroid dienone is 2. The van der Waals surface area contributed by atoms with Crippen molar-refractivity contribution in [3.63, 3.8) is 0 Å². The largest absolute Gasteiger partial charge is 0.299 e. The minimum absolute atomic E-state index is 0.272. The highest BCUT2D eigenvalue weighted by Gasteiger charge is 2.64. The van der Waals surface area contributed by atoms with Crippen LogP contribution in [0.25, 0.3) is 0 Å². The Morgan fingerprint density at radius 3 is 2.75 bits per heavy atom. The fourth-order valence-corrected chi connectivity index (χ4v) is 5.17. The Kier molecular flexibility index (Phi) is 1.85. The van der Waals surface area contributed by atoms with Crippen LogP contribution in [0.15, 0.2) is 11.6 Å². The summed E-state index contributed by atoms with van der Waals surface area (Å²) in [6.45, 7) is 9.22. The Labute approximate surface area is 98.3 Å². The SMILES string of the molecule is CC1=C[C@@H]2CC(C)(C)C[C@]23[C@H]1C(=O)C[C@@H]3C. The van der Waals surface area contributed by atoms with Crippen LogP contribution in [0, 0.1) is 28.6 Å². The van der Waals surface area contributed by atoms with Crippen molar-refractivity contribution in [2.75, 3.05) is 0 Å². The first-order chi connectivity index (χ1) is 7.37. The Balaban J connectivity index is 2.11. The second-order valence-electron chi connectivity index (χ2n) is 7.18. The first kappa shape index (κ1) is 10.6. The number of hydrogen-bond donors (Lipinski definition) is 0. The molecule has 0 bridgehead atoms. The molecule has 0 N–H and O–H groups in total. The molecule has 0 saturated heterocycles. The molecular weight excluding hydrogens is 196 g/mol. The molecule has 2 fully saturated rings. The zero-order chi connectivity index (χ0) is 11.7. The van der Waals surface area contributed by atoms with E-state index in [1.54, 1.807) is 0 Å². The first-order valence-electron chi connectivity index (χ1n) is 6.58. The summed E-state index contributed by atoms with van der Waals surface area (Å²) in [6, 6.07) is 0. The van der Waals surface area contributed by atoms with Crippen molar-refractivity contribution in [1.29, 1.82) is 0 Å². The maximum atomic E-state index is 12.2. The topological polar surface area (TPSA) is 17.1 Å². The van der Waals surface area contributed by atoms with Crippen LogP contribution < -0.4 is 0 Å².